The van der Waals surface area contributed by atoms with Gasteiger partial charge >= 0.3 is 0 Å². The molecule has 0 unspecified atom stereocenters. The maximum Gasteiger partial charge on any atom is 0.235 e. The summed E-state index contributed by atoms with van der Waals surface area (Å²) in [5.74, 6) is -2.15. The first-order valence-electron chi connectivity index (χ1n) is 5.76. The molecule has 5 heteroatoms. The average Bonchev–Trinajstić information content (AvgIpc) is 2.82. The highest BCUT2D eigenvalue weighted by Crippen LogP contribution is 2.43. The van der Waals surface area contributed by atoms with E-state index in [1.165, 1.54) is 12.1 Å². The first-order valence-corrected chi connectivity index (χ1v) is 5.76. The molecule has 0 atom stereocenters. The van der Waals surface area contributed by atoms with Gasteiger partial charge in [0.05, 0.1) is 0 Å². The molecule has 0 amide bonds. The van der Waals surface area contributed by atoms with Crippen molar-refractivity contribution >= 4 is 6.08 Å². The van der Waals surface area contributed by atoms with Crippen LogP contribution in [0.4, 0.5) is 13.2 Å². The lowest BCUT2D eigenvalue weighted by Crippen LogP contribution is -2.21. The topological polar surface area (TPSA) is 29.4 Å². The monoisotopic (exact) mass is 255 g/mol. The van der Waals surface area contributed by atoms with Crippen LogP contribution in [-0.2, 0) is 17.0 Å². The molecule has 1 aliphatic rings. The molecule has 0 radical (unpaired) electrons. The van der Waals surface area contributed by atoms with Gasteiger partial charge < -0.3 is 0 Å². The van der Waals surface area contributed by atoms with Crippen LogP contribution in [0.25, 0.3) is 0 Å². The summed E-state index contributed by atoms with van der Waals surface area (Å²) in [7, 11) is 0. The smallest absolute Gasteiger partial charge is 0.235 e. The zero-order valence-electron chi connectivity index (χ0n) is 9.68. The number of halogens is 3. The summed E-state index contributed by atoms with van der Waals surface area (Å²) < 4.78 is 39.9. The summed E-state index contributed by atoms with van der Waals surface area (Å²) in [6.07, 6.45) is 3.87. The number of hydrogen-bond donors (Lipinski definition) is 0. The van der Waals surface area contributed by atoms with E-state index in [0.717, 1.165) is 18.9 Å². The Bertz CT molecular complexity index is 503. The molecule has 0 N–H and O–H groups in total. The minimum atomic E-state index is -1.10. The molecule has 0 aromatic heterocycles. The van der Waals surface area contributed by atoms with Crippen LogP contribution in [0.5, 0.6) is 0 Å². The number of alkyl halides is 1. The van der Waals surface area contributed by atoms with Gasteiger partial charge in [-0.25, -0.2) is 18.0 Å². The van der Waals surface area contributed by atoms with Gasteiger partial charge in [-0.2, -0.15) is 4.99 Å². The van der Waals surface area contributed by atoms with Crippen molar-refractivity contribution in [3.63, 3.8) is 0 Å². The Morgan fingerprint density at radius 1 is 1.28 bits per heavy atom. The van der Waals surface area contributed by atoms with Crippen LogP contribution in [-0.4, -0.2) is 6.08 Å². The van der Waals surface area contributed by atoms with Gasteiger partial charge in [-0.05, 0) is 30.5 Å². The molecule has 1 aromatic carbocycles. The fourth-order valence-corrected chi connectivity index (χ4v) is 2.55. The minimum Gasteiger partial charge on any atom is -0.246 e. The first kappa shape index (κ1) is 12.8. The van der Waals surface area contributed by atoms with Crippen molar-refractivity contribution in [3.05, 3.63) is 34.9 Å². The zero-order chi connectivity index (χ0) is 13.2. The van der Waals surface area contributed by atoms with Crippen LogP contribution < -0.4 is 0 Å². The van der Waals surface area contributed by atoms with Gasteiger partial charge in [0.15, 0.2) is 11.6 Å². The average molecular weight is 255 g/mol. The Morgan fingerprint density at radius 2 is 1.94 bits per heavy atom. The van der Waals surface area contributed by atoms with Crippen molar-refractivity contribution < 1.29 is 18.0 Å². The molecule has 2 nitrogen and oxygen atoms in total. The molecule has 1 aliphatic carbocycles. The molecule has 0 saturated heterocycles. The predicted molar refractivity (Wildman–Crippen MR) is 59.4 cm³/mol. The second-order valence-electron chi connectivity index (χ2n) is 4.51. The SMILES string of the molecule is O=C=NC1(c2cc(CF)cc(F)c2F)CCCC1. The lowest BCUT2D eigenvalue weighted by Gasteiger charge is -2.24. The predicted octanol–water partition coefficient (Wildman–Crippen LogP) is 3.54. The van der Waals surface area contributed by atoms with Crippen LogP contribution in [0.15, 0.2) is 17.1 Å². The Labute approximate surface area is 103 Å². The van der Waals surface area contributed by atoms with Crippen molar-refractivity contribution in [1.29, 1.82) is 0 Å². The zero-order valence-corrected chi connectivity index (χ0v) is 9.68. The Hall–Kier alpha value is -1.61. The molecule has 2 rings (SSSR count). The molecular weight excluding hydrogens is 243 g/mol. The number of nitrogens with zero attached hydrogens (tertiary/aromatic N) is 1. The highest BCUT2D eigenvalue weighted by molar-refractivity contribution is 5.40. The van der Waals surface area contributed by atoms with Gasteiger partial charge in [-0.15, -0.1) is 0 Å². The van der Waals surface area contributed by atoms with Crippen LogP contribution in [0.3, 0.4) is 0 Å². The van der Waals surface area contributed by atoms with Gasteiger partial charge in [-0.3, -0.25) is 0 Å². The van der Waals surface area contributed by atoms with E-state index in [0.29, 0.717) is 12.8 Å². The molecule has 1 fully saturated rings. The first-order chi connectivity index (χ1) is 8.63. The summed E-state index contributed by atoms with van der Waals surface area (Å²) in [5, 5.41) is 0. The van der Waals surface area contributed by atoms with Crippen molar-refractivity contribution in [3.8, 4) is 0 Å². The summed E-state index contributed by atoms with van der Waals surface area (Å²) in [5.41, 5.74) is -1.05. The number of benzene rings is 1. The molecule has 0 heterocycles. The number of aliphatic imine (C=N–C) groups is 1. The number of hydrogen-bond acceptors (Lipinski definition) is 2. The van der Waals surface area contributed by atoms with Crippen LogP contribution >= 0.6 is 0 Å². The van der Waals surface area contributed by atoms with Crippen LogP contribution in [0.2, 0.25) is 0 Å². The summed E-state index contributed by atoms with van der Waals surface area (Å²) >= 11 is 0. The maximum absolute atomic E-state index is 13.9. The van der Waals surface area contributed by atoms with E-state index in [1.807, 2.05) is 0 Å². The minimum absolute atomic E-state index is 0.0315. The number of carbonyl (C=O) groups excluding carboxylic acids is 1. The molecule has 1 aromatic rings. The van der Waals surface area contributed by atoms with E-state index in [9.17, 15) is 18.0 Å². The second-order valence-corrected chi connectivity index (χ2v) is 4.51. The van der Waals surface area contributed by atoms with Gasteiger partial charge in [0.2, 0.25) is 6.08 Å². The third-order valence-electron chi connectivity index (χ3n) is 3.43. The molecule has 0 spiro atoms. The third kappa shape index (κ3) is 2.06. The summed E-state index contributed by atoms with van der Waals surface area (Å²) in [6.45, 7) is -0.884. The molecule has 0 aliphatic heterocycles. The molecule has 0 bridgehead atoms. The normalized spacial score (nSPS) is 17.5. The molecule has 96 valence electrons. The van der Waals surface area contributed by atoms with E-state index in [1.54, 1.807) is 0 Å². The van der Waals surface area contributed by atoms with Crippen molar-refractivity contribution in [1.82, 2.24) is 0 Å². The standard InChI is InChI=1S/C13H12F3NO/c14-7-9-5-10(12(16)11(15)6-9)13(17-8-18)3-1-2-4-13/h5-6H,1-4,7H2. The molecule has 1 saturated carbocycles. The van der Waals surface area contributed by atoms with Crippen LogP contribution in [0, 0.1) is 11.6 Å². The Morgan fingerprint density at radius 3 is 2.50 bits per heavy atom. The Balaban J connectivity index is 2.60. The summed E-state index contributed by atoms with van der Waals surface area (Å²) in [6, 6.07) is 2.08. The summed E-state index contributed by atoms with van der Waals surface area (Å²) in [4.78, 5) is 14.2. The van der Waals surface area contributed by atoms with E-state index in [2.05, 4.69) is 4.99 Å². The van der Waals surface area contributed by atoms with E-state index >= 15 is 0 Å². The Kier molecular flexibility index (Phi) is 3.53. The van der Waals surface area contributed by atoms with Gasteiger partial charge in [0.1, 0.15) is 12.2 Å². The lowest BCUT2D eigenvalue weighted by atomic mass is 9.87. The third-order valence-corrected chi connectivity index (χ3v) is 3.43. The van der Waals surface area contributed by atoms with Gasteiger partial charge in [0, 0.05) is 5.56 Å². The van der Waals surface area contributed by atoms with Crippen LogP contribution in [0.1, 0.15) is 36.8 Å². The van der Waals surface area contributed by atoms with Gasteiger partial charge in [0.25, 0.3) is 0 Å². The highest BCUT2D eigenvalue weighted by Gasteiger charge is 2.39. The molecule has 18 heavy (non-hydrogen) atoms. The van der Waals surface area contributed by atoms with E-state index < -0.39 is 23.8 Å². The second kappa shape index (κ2) is 4.94. The number of isocyanates is 1. The largest absolute Gasteiger partial charge is 0.246 e. The lowest BCUT2D eigenvalue weighted by molar-refractivity contribution is 0.406. The van der Waals surface area contributed by atoms with Crippen molar-refractivity contribution in [2.75, 3.05) is 0 Å². The number of rotatable bonds is 3. The van der Waals surface area contributed by atoms with Crippen molar-refractivity contribution in [2.24, 2.45) is 4.99 Å². The fourth-order valence-electron chi connectivity index (χ4n) is 2.55. The van der Waals surface area contributed by atoms with E-state index in [4.69, 9.17) is 0 Å². The quantitative estimate of drug-likeness (QED) is 0.600. The van der Waals surface area contributed by atoms with Gasteiger partial charge in [-0.1, -0.05) is 12.8 Å². The highest BCUT2D eigenvalue weighted by atomic mass is 19.2. The molecular formula is C13H12F3NO. The van der Waals surface area contributed by atoms with E-state index in [-0.39, 0.29) is 11.1 Å². The fraction of sp³-hybridized carbons (Fsp3) is 0.462. The van der Waals surface area contributed by atoms with Crippen molar-refractivity contribution in [2.45, 2.75) is 37.9 Å². The maximum atomic E-state index is 13.9.